The number of carbonyl (C=O) groups is 1. The lowest BCUT2D eigenvalue weighted by molar-refractivity contribution is -0.134. The highest BCUT2D eigenvalue weighted by Gasteiger charge is 2.27. The summed E-state index contributed by atoms with van der Waals surface area (Å²) < 4.78 is 5.96. The summed E-state index contributed by atoms with van der Waals surface area (Å²) in [7, 11) is 0. The monoisotopic (exact) mass is 387 g/mol. The van der Waals surface area contributed by atoms with Crippen LogP contribution in [0.15, 0.2) is 79.3 Å². The van der Waals surface area contributed by atoms with Crippen LogP contribution in [0, 0.1) is 0 Å². The van der Waals surface area contributed by atoms with Crippen molar-refractivity contribution in [1.29, 1.82) is 0 Å². The van der Waals surface area contributed by atoms with Crippen molar-refractivity contribution in [3.05, 3.63) is 90.4 Å². The van der Waals surface area contributed by atoms with Crippen molar-refractivity contribution in [3.63, 3.8) is 0 Å². The van der Waals surface area contributed by atoms with Crippen molar-refractivity contribution >= 4 is 5.91 Å². The molecule has 1 saturated heterocycles. The highest BCUT2D eigenvalue weighted by atomic mass is 16.5. The molecule has 1 aliphatic heterocycles. The van der Waals surface area contributed by atoms with E-state index in [1.807, 2.05) is 41.3 Å². The van der Waals surface area contributed by atoms with E-state index in [0.29, 0.717) is 18.8 Å². The molecule has 5 nitrogen and oxygen atoms in total. The van der Waals surface area contributed by atoms with Gasteiger partial charge in [0.15, 0.2) is 0 Å². The molecule has 5 heteroatoms. The maximum Gasteiger partial charge on any atom is 0.223 e. The van der Waals surface area contributed by atoms with E-state index in [1.54, 1.807) is 12.3 Å². The summed E-state index contributed by atoms with van der Waals surface area (Å²) in [6.07, 6.45) is 5.42. The van der Waals surface area contributed by atoms with Gasteiger partial charge in [0.1, 0.15) is 12.4 Å². The van der Waals surface area contributed by atoms with Crippen molar-refractivity contribution in [1.82, 2.24) is 14.9 Å². The smallest absolute Gasteiger partial charge is 0.223 e. The fraction of sp³-hybridized carbons (Fsp3) is 0.292. The zero-order valence-electron chi connectivity index (χ0n) is 16.4. The minimum Gasteiger partial charge on any atom is -0.472 e. The molecule has 1 atom stereocenters. The molecule has 2 heterocycles. The average molecular weight is 387 g/mol. The van der Waals surface area contributed by atoms with Gasteiger partial charge in [0, 0.05) is 31.1 Å². The molecule has 0 spiro atoms. The lowest BCUT2D eigenvalue weighted by atomic mass is 9.88. The number of rotatable bonds is 6. The van der Waals surface area contributed by atoms with Crippen LogP contribution in [-0.4, -0.2) is 40.0 Å². The lowest BCUT2D eigenvalue weighted by Gasteiger charge is -2.33. The standard InChI is InChI=1S/C24H25N3O2/c28-24(27-15-7-12-21(17-27)29-23-13-14-25-18-26-23)16-22(19-8-3-1-4-9-19)20-10-5-2-6-11-20/h1-6,8-11,13-14,18,21-22H,7,12,15-17H2/t21-/m0/s1. The van der Waals surface area contributed by atoms with E-state index in [-0.39, 0.29) is 17.9 Å². The van der Waals surface area contributed by atoms with Gasteiger partial charge in [-0.2, -0.15) is 0 Å². The van der Waals surface area contributed by atoms with Gasteiger partial charge in [-0.05, 0) is 24.0 Å². The minimum atomic E-state index is -0.0329. The Hall–Kier alpha value is -3.21. The second kappa shape index (κ2) is 9.32. The first-order valence-corrected chi connectivity index (χ1v) is 10.1. The molecule has 0 radical (unpaired) electrons. The van der Waals surface area contributed by atoms with Crippen LogP contribution < -0.4 is 4.74 Å². The molecule has 1 aromatic heterocycles. The van der Waals surface area contributed by atoms with Gasteiger partial charge in [0.2, 0.25) is 11.8 Å². The molecule has 1 amide bonds. The number of hydrogen-bond donors (Lipinski definition) is 0. The summed E-state index contributed by atoms with van der Waals surface area (Å²) >= 11 is 0. The van der Waals surface area contributed by atoms with Crippen LogP contribution >= 0.6 is 0 Å². The summed E-state index contributed by atoms with van der Waals surface area (Å²) in [5.41, 5.74) is 2.33. The Morgan fingerprint density at radius 1 is 1.03 bits per heavy atom. The maximum atomic E-state index is 13.2. The van der Waals surface area contributed by atoms with Crippen molar-refractivity contribution in [2.24, 2.45) is 0 Å². The molecule has 2 aromatic carbocycles. The van der Waals surface area contributed by atoms with E-state index >= 15 is 0 Å². The van der Waals surface area contributed by atoms with Crippen LogP contribution in [0.2, 0.25) is 0 Å². The fourth-order valence-corrected chi connectivity index (χ4v) is 3.88. The molecule has 0 N–H and O–H groups in total. The van der Waals surface area contributed by atoms with E-state index in [9.17, 15) is 4.79 Å². The normalized spacial score (nSPS) is 16.6. The molecular formula is C24H25N3O2. The third kappa shape index (κ3) is 4.99. The van der Waals surface area contributed by atoms with Gasteiger partial charge in [0.05, 0.1) is 6.54 Å². The Labute approximate surface area is 171 Å². The second-order valence-corrected chi connectivity index (χ2v) is 7.35. The first kappa shape index (κ1) is 19.1. The Morgan fingerprint density at radius 3 is 2.34 bits per heavy atom. The number of hydrogen-bond acceptors (Lipinski definition) is 4. The third-order valence-electron chi connectivity index (χ3n) is 5.36. The summed E-state index contributed by atoms with van der Waals surface area (Å²) in [4.78, 5) is 23.2. The molecular weight excluding hydrogens is 362 g/mol. The number of likely N-dealkylation sites (tertiary alicyclic amines) is 1. The Kier molecular flexibility index (Phi) is 6.15. The van der Waals surface area contributed by atoms with Crippen LogP contribution in [0.3, 0.4) is 0 Å². The van der Waals surface area contributed by atoms with E-state index < -0.39 is 0 Å². The summed E-state index contributed by atoms with van der Waals surface area (Å²) in [5, 5.41) is 0. The predicted octanol–water partition coefficient (Wildman–Crippen LogP) is 4.07. The third-order valence-corrected chi connectivity index (χ3v) is 5.36. The molecule has 29 heavy (non-hydrogen) atoms. The Bertz CT molecular complexity index is 864. The van der Waals surface area contributed by atoms with Gasteiger partial charge in [-0.3, -0.25) is 4.79 Å². The number of piperidine rings is 1. The van der Waals surface area contributed by atoms with Crippen LogP contribution in [0.1, 0.15) is 36.3 Å². The highest BCUT2D eigenvalue weighted by molar-refractivity contribution is 5.78. The molecule has 0 saturated carbocycles. The largest absolute Gasteiger partial charge is 0.472 e. The molecule has 1 fully saturated rings. The van der Waals surface area contributed by atoms with Crippen LogP contribution in [0.4, 0.5) is 0 Å². The van der Waals surface area contributed by atoms with E-state index in [0.717, 1.165) is 30.5 Å². The molecule has 0 bridgehead atoms. The quantitative estimate of drug-likeness (QED) is 0.640. The van der Waals surface area contributed by atoms with Crippen molar-refractivity contribution < 1.29 is 9.53 Å². The maximum absolute atomic E-state index is 13.2. The summed E-state index contributed by atoms with van der Waals surface area (Å²) in [6, 6.07) is 22.3. The minimum absolute atomic E-state index is 0.0329. The SMILES string of the molecule is O=C(CC(c1ccccc1)c1ccccc1)N1CCC[C@H](Oc2ccncn2)C1. The van der Waals surface area contributed by atoms with Crippen LogP contribution in [-0.2, 0) is 4.79 Å². The van der Waals surface area contributed by atoms with Gasteiger partial charge >= 0.3 is 0 Å². The van der Waals surface area contributed by atoms with Gasteiger partial charge in [-0.1, -0.05) is 60.7 Å². The average Bonchev–Trinajstić information content (AvgIpc) is 2.79. The molecule has 148 valence electrons. The van der Waals surface area contributed by atoms with E-state index in [2.05, 4.69) is 34.2 Å². The first-order chi connectivity index (χ1) is 14.3. The van der Waals surface area contributed by atoms with Crippen molar-refractivity contribution in [2.45, 2.75) is 31.3 Å². The molecule has 4 rings (SSSR count). The number of benzene rings is 2. The first-order valence-electron chi connectivity index (χ1n) is 10.1. The molecule has 1 aliphatic rings. The van der Waals surface area contributed by atoms with Gasteiger partial charge in [-0.15, -0.1) is 0 Å². The zero-order valence-corrected chi connectivity index (χ0v) is 16.4. The van der Waals surface area contributed by atoms with Gasteiger partial charge in [-0.25, -0.2) is 9.97 Å². The Balaban J connectivity index is 1.46. The number of aromatic nitrogens is 2. The summed E-state index contributed by atoms with van der Waals surface area (Å²) in [5.74, 6) is 0.775. The summed E-state index contributed by atoms with van der Waals surface area (Å²) in [6.45, 7) is 1.37. The van der Waals surface area contributed by atoms with Crippen molar-refractivity contribution in [2.75, 3.05) is 13.1 Å². The van der Waals surface area contributed by atoms with E-state index in [1.165, 1.54) is 6.33 Å². The number of nitrogens with zero attached hydrogens (tertiary/aromatic N) is 3. The molecule has 3 aromatic rings. The number of amides is 1. The molecule has 0 aliphatic carbocycles. The van der Waals surface area contributed by atoms with Gasteiger partial charge < -0.3 is 9.64 Å². The number of ether oxygens (including phenoxy) is 1. The fourth-order valence-electron chi connectivity index (χ4n) is 3.88. The topological polar surface area (TPSA) is 55.3 Å². The van der Waals surface area contributed by atoms with Gasteiger partial charge in [0.25, 0.3) is 0 Å². The highest BCUT2D eigenvalue weighted by Crippen LogP contribution is 2.29. The van der Waals surface area contributed by atoms with Crippen molar-refractivity contribution in [3.8, 4) is 5.88 Å². The van der Waals surface area contributed by atoms with Crippen LogP contribution in [0.5, 0.6) is 5.88 Å². The molecule has 0 unspecified atom stereocenters. The zero-order chi connectivity index (χ0) is 19.9. The number of carbonyl (C=O) groups excluding carboxylic acids is 1. The second-order valence-electron chi connectivity index (χ2n) is 7.35. The predicted molar refractivity (Wildman–Crippen MR) is 112 cm³/mol. The van der Waals surface area contributed by atoms with Crippen LogP contribution in [0.25, 0.3) is 0 Å². The lowest BCUT2D eigenvalue weighted by Crippen LogP contribution is -2.44. The van der Waals surface area contributed by atoms with E-state index in [4.69, 9.17) is 4.74 Å². The Morgan fingerprint density at radius 2 is 1.72 bits per heavy atom.